The van der Waals surface area contributed by atoms with E-state index in [1.165, 1.54) is 12.1 Å². The third-order valence-electron chi connectivity index (χ3n) is 6.77. The fourth-order valence-corrected chi connectivity index (χ4v) is 5.22. The maximum atomic E-state index is 13.5. The lowest BCUT2D eigenvalue weighted by atomic mass is 9.86. The van der Waals surface area contributed by atoms with Crippen LogP contribution in [0.15, 0.2) is 48.5 Å². The molecule has 0 radical (unpaired) electrons. The third-order valence-corrected chi connectivity index (χ3v) is 6.77. The van der Waals surface area contributed by atoms with E-state index >= 15 is 0 Å². The van der Waals surface area contributed by atoms with E-state index < -0.39 is 17.0 Å². The van der Waals surface area contributed by atoms with Crippen molar-refractivity contribution in [2.45, 2.75) is 44.7 Å². The summed E-state index contributed by atoms with van der Waals surface area (Å²) >= 11 is 0. The van der Waals surface area contributed by atoms with Gasteiger partial charge in [-0.25, -0.2) is 0 Å². The Bertz CT molecular complexity index is 1250. The molecule has 170 valence electrons. The Kier molecular flexibility index (Phi) is 5.36. The minimum absolute atomic E-state index is 0.0377. The van der Waals surface area contributed by atoms with Crippen LogP contribution >= 0.6 is 0 Å². The molecule has 2 amide bonds. The highest BCUT2D eigenvalue weighted by molar-refractivity contribution is 5.97. The van der Waals surface area contributed by atoms with Gasteiger partial charge in [-0.3, -0.25) is 19.7 Å². The number of hydrogen-bond acceptors (Lipinski definition) is 4. The molecule has 1 fully saturated rings. The van der Waals surface area contributed by atoms with Crippen LogP contribution in [-0.4, -0.2) is 50.7 Å². The number of aromatic nitrogens is 1. The molecule has 2 aliphatic heterocycles. The fourth-order valence-electron chi connectivity index (χ4n) is 5.22. The number of nitro groups is 1. The van der Waals surface area contributed by atoms with Gasteiger partial charge in [-0.2, -0.15) is 0 Å². The average molecular weight is 447 g/mol. The van der Waals surface area contributed by atoms with E-state index in [4.69, 9.17) is 0 Å². The summed E-state index contributed by atoms with van der Waals surface area (Å²) in [4.78, 5) is 44.8. The summed E-state index contributed by atoms with van der Waals surface area (Å²) in [5.41, 5.74) is 3.34. The minimum atomic E-state index is -0.621. The highest BCUT2D eigenvalue weighted by Crippen LogP contribution is 2.43. The zero-order chi connectivity index (χ0) is 23.1. The molecule has 0 bridgehead atoms. The molecule has 2 aromatic carbocycles. The molecule has 0 unspecified atom stereocenters. The number of amides is 2. The summed E-state index contributed by atoms with van der Waals surface area (Å²) in [5.74, 6) is -0.172. The maximum absolute atomic E-state index is 13.5. The summed E-state index contributed by atoms with van der Waals surface area (Å²) in [7, 11) is 0. The highest BCUT2D eigenvalue weighted by atomic mass is 16.6. The molecular formula is C25H26N4O4. The molecule has 8 nitrogen and oxygen atoms in total. The molecule has 2 atom stereocenters. The van der Waals surface area contributed by atoms with Gasteiger partial charge in [-0.1, -0.05) is 50.1 Å². The number of nitrogens with one attached hydrogen (secondary N) is 1. The third kappa shape index (κ3) is 3.55. The summed E-state index contributed by atoms with van der Waals surface area (Å²) in [6.07, 6.45) is 3.35. The first-order valence-electron chi connectivity index (χ1n) is 11.4. The van der Waals surface area contributed by atoms with Crippen molar-refractivity contribution in [2.24, 2.45) is 0 Å². The van der Waals surface area contributed by atoms with E-state index in [2.05, 4.69) is 11.9 Å². The Balaban J connectivity index is 1.63. The molecule has 0 aliphatic carbocycles. The molecular weight excluding hydrogens is 420 g/mol. The second kappa shape index (κ2) is 8.35. The number of unbranched alkanes of at least 4 members (excludes halogenated alkanes) is 2. The molecule has 1 N–H and O–H groups in total. The monoisotopic (exact) mass is 446 g/mol. The molecule has 0 spiro atoms. The number of para-hydroxylation sites is 1. The van der Waals surface area contributed by atoms with Gasteiger partial charge in [-0.05, 0) is 23.6 Å². The highest BCUT2D eigenvalue weighted by Gasteiger charge is 2.48. The Morgan fingerprint density at radius 1 is 1.12 bits per heavy atom. The number of fused-ring (bicyclic) bond motifs is 4. The van der Waals surface area contributed by atoms with Crippen LogP contribution in [0.25, 0.3) is 10.9 Å². The minimum Gasteiger partial charge on any atom is -0.356 e. The first kappa shape index (κ1) is 21.2. The maximum Gasteiger partial charge on any atom is 0.269 e. The van der Waals surface area contributed by atoms with E-state index in [9.17, 15) is 19.7 Å². The quantitative estimate of drug-likeness (QED) is 0.352. The lowest BCUT2D eigenvalue weighted by Gasteiger charge is -2.47. The normalized spacial score (nSPS) is 20.2. The standard InChI is InChI=1S/C25H26N4O4/c1-2-3-6-12-27-15-22(30)28-21(25(27)31)14-19-18-10-4-5-11-20(18)26-23(19)24(28)16-8-7-9-17(13-16)29(32)33/h4-5,7-11,13,21,24,26H,2-3,6,12,14-15H2,1H3/t21-,24-/m0/s1. The van der Waals surface area contributed by atoms with Gasteiger partial charge >= 0.3 is 0 Å². The van der Waals surface area contributed by atoms with Crippen LogP contribution in [0.2, 0.25) is 0 Å². The number of benzene rings is 2. The lowest BCUT2D eigenvalue weighted by Crippen LogP contribution is -2.63. The first-order chi connectivity index (χ1) is 16.0. The SMILES string of the molecule is CCCCCN1CC(=O)N2[C@@H](c3cccc([N+](=O)[O-])c3)c3[nH]c4ccccc4c3C[C@H]2C1=O. The summed E-state index contributed by atoms with van der Waals surface area (Å²) in [6, 6.07) is 13.0. The van der Waals surface area contributed by atoms with Crippen LogP contribution in [-0.2, 0) is 16.0 Å². The van der Waals surface area contributed by atoms with Crippen molar-refractivity contribution in [3.05, 3.63) is 75.5 Å². The van der Waals surface area contributed by atoms with Crippen LogP contribution in [0.4, 0.5) is 5.69 Å². The van der Waals surface area contributed by atoms with Crippen LogP contribution in [0.3, 0.4) is 0 Å². The van der Waals surface area contributed by atoms with Gasteiger partial charge in [0, 0.05) is 41.7 Å². The molecule has 3 heterocycles. The number of rotatable bonds is 6. The number of nitrogens with zero attached hydrogens (tertiary/aromatic N) is 3. The molecule has 8 heteroatoms. The van der Waals surface area contributed by atoms with Crippen LogP contribution < -0.4 is 0 Å². The second-order valence-electron chi connectivity index (χ2n) is 8.81. The Labute approximate surface area is 191 Å². The number of hydrogen-bond donors (Lipinski definition) is 1. The number of nitro benzene ring substituents is 1. The van der Waals surface area contributed by atoms with Gasteiger partial charge in [0.05, 0.1) is 17.5 Å². The first-order valence-corrected chi connectivity index (χ1v) is 11.4. The van der Waals surface area contributed by atoms with Gasteiger partial charge in [-0.15, -0.1) is 0 Å². The van der Waals surface area contributed by atoms with E-state index in [-0.39, 0.29) is 24.0 Å². The number of piperazine rings is 1. The van der Waals surface area contributed by atoms with E-state index in [1.807, 2.05) is 24.3 Å². The van der Waals surface area contributed by atoms with Crippen LogP contribution in [0.1, 0.15) is 49.0 Å². The molecule has 3 aromatic rings. The molecule has 1 aromatic heterocycles. The molecule has 5 rings (SSSR count). The summed E-state index contributed by atoms with van der Waals surface area (Å²) in [6.45, 7) is 2.72. The fraction of sp³-hybridized carbons (Fsp3) is 0.360. The molecule has 33 heavy (non-hydrogen) atoms. The van der Waals surface area contributed by atoms with Crippen molar-refractivity contribution in [3.63, 3.8) is 0 Å². The number of non-ortho nitro benzene ring substituents is 1. The predicted molar refractivity (Wildman–Crippen MR) is 124 cm³/mol. The number of carbonyl (C=O) groups is 2. The lowest BCUT2D eigenvalue weighted by molar-refractivity contribution is -0.384. The molecule has 0 saturated carbocycles. The number of H-pyrrole nitrogens is 1. The summed E-state index contributed by atoms with van der Waals surface area (Å²) in [5, 5.41) is 12.5. The Hall–Kier alpha value is -3.68. The van der Waals surface area contributed by atoms with E-state index in [0.717, 1.165) is 41.4 Å². The van der Waals surface area contributed by atoms with Crippen molar-refractivity contribution in [2.75, 3.05) is 13.1 Å². The van der Waals surface area contributed by atoms with Gasteiger partial charge < -0.3 is 14.8 Å². The van der Waals surface area contributed by atoms with Crippen LogP contribution in [0.5, 0.6) is 0 Å². The number of carbonyl (C=O) groups excluding carboxylic acids is 2. The smallest absolute Gasteiger partial charge is 0.269 e. The van der Waals surface area contributed by atoms with Crippen molar-refractivity contribution in [1.82, 2.24) is 14.8 Å². The number of aromatic amines is 1. The molecule has 2 aliphatic rings. The summed E-state index contributed by atoms with van der Waals surface area (Å²) < 4.78 is 0. The zero-order valence-corrected chi connectivity index (χ0v) is 18.5. The Morgan fingerprint density at radius 2 is 1.94 bits per heavy atom. The van der Waals surface area contributed by atoms with Crippen molar-refractivity contribution in [1.29, 1.82) is 0 Å². The van der Waals surface area contributed by atoms with Gasteiger partial charge in [0.25, 0.3) is 5.69 Å². The van der Waals surface area contributed by atoms with Gasteiger partial charge in [0.15, 0.2) is 0 Å². The van der Waals surface area contributed by atoms with Crippen LogP contribution in [0, 0.1) is 10.1 Å². The largest absolute Gasteiger partial charge is 0.356 e. The predicted octanol–water partition coefficient (Wildman–Crippen LogP) is 3.95. The zero-order valence-electron chi connectivity index (χ0n) is 18.5. The van der Waals surface area contributed by atoms with Gasteiger partial charge in [0.1, 0.15) is 6.04 Å². The van der Waals surface area contributed by atoms with Crippen molar-refractivity contribution >= 4 is 28.4 Å². The Morgan fingerprint density at radius 3 is 2.73 bits per heavy atom. The van der Waals surface area contributed by atoms with Crippen molar-refractivity contribution < 1.29 is 14.5 Å². The second-order valence-corrected chi connectivity index (χ2v) is 8.81. The van der Waals surface area contributed by atoms with Gasteiger partial charge in [0.2, 0.25) is 11.8 Å². The van der Waals surface area contributed by atoms with E-state index in [1.54, 1.807) is 21.9 Å². The average Bonchev–Trinajstić information content (AvgIpc) is 3.19. The van der Waals surface area contributed by atoms with Crippen molar-refractivity contribution in [3.8, 4) is 0 Å². The molecule has 1 saturated heterocycles. The van der Waals surface area contributed by atoms with E-state index in [0.29, 0.717) is 18.5 Å². The topological polar surface area (TPSA) is 99.5 Å².